The Hall–Kier alpha value is -3.88. The van der Waals surface area contributed by atoms with Crippen molar-refractivity contribution < 1.29 is 22.7 Å². The van der Waals surface area contributed by atoms with Gasteiger partial charge < -0.3 is 10.1 Å². The van der Waals surface area contributed by atoms with Gasteiger partial charge in [-0.15, -0.1) is 5.10 Å². The number of carbonyl (C=O) groups is 1. The molecule has 1 N–H and O–H groups in total. The number of aromatic nitrogens is 3. The van der Waals surface area contributed by atoms with Gasteiger partial charge in [-0.1, -0.05) is 12.1 Å². The Morgan fingerprint density at radius 2 is 1.83 bits per heavy atom. The second kappa shape index (κ2) is 7.51. The van der Waals surface area contributed by atoms with E-state index in [0.717, 1.165) is 29.8 Å². The van der Waals surface area contributed by atoms with Gasteiger partial charge in [-0.05, 0) is 55.0 Å². The molecule has 0 aliphatic rings. The van der Waals surface area contributed by atoms with E-state index in [1.165, 1.54) is 10.7 Å². The molecule has 30 heavy (non-hydrogen) atoms. The molecule has 9 heteroatoms. The zero-order valence-electron chi connectivity index (χ0n) is 15.6. The molecule has 2 heterocycles. The molecule has 0 fully saturated rings. The number of amides is 1. The molecule has 0 aliphatic carbocycles. The van der Waals surface area contributed by atoms with Gasteiger partial charge in [0.05, 0.1) is 11.8 Å². The Morgan fingerprint density at radius 1 is 1.07 bits per heavy atom. The fourth-order valence-electron chi connectivity index (χ4n) is 2.78. The molecule has 4 rings (SSSR count). The highest BCUT2D eigenvalue weighted by Crippen LogP contribution is 2.29. The predicted octanol–water partition coefficient (Wildman–Crippen LogP) is 5.10. The van der Waals surface area contributed by atoms with Crippen LogP contribution in [0.25, 0.3) is 5.65 Å². The average molecular weight is 412 g/mol. The van der Waals surface area contributed by atoms with Crippen molar-refractivity contribution in [3.63, 3.8) is 0 Å². The van der Waals surface area contributed by atoms with E-state index in [1.807, 2.05) is 31.2 Å². The second-order valence-electron chi connectivity index (χ2n) is 6.55. The molecule has 0 saturated carbocycles. The van der Waals surface area contributed by atoms with Gasteiger partial charge in [0.1, 0.15) is 5.75 Å². The van der Waals surface area contributed by atoms with E-state index in [1.54, 1.807) is 12.1 Å². The van der Waals surface area contributed by atoms with Crippen molar-refractivity contribution in [2.24, 2.45) is 0 Å². The van der Waals surface area contributed by atoms with Crippen LogP contribution < -0.4 is 10.1 Å². The number of anilines is 1. The largest absolute Gasteiger partial charge is 0.438 e. The van der Waals surface area contributed by atoms with Gasteiger partial charge in [0.25, 0.3) is 5.91 Å². The molecule has 6 nitrogen and oxygen atoms in total. The minimum atomic E-state index is -4.46. The number of alkyl halides is 3. The molecule has 0 bridgehead atoms. The van der Waals surface area contributed by atoms with Crippen molar-refractivity contribution >= 4 is 17.4 Å². The van der Waals surface area contributed by atoms with Crippen LogP contribution in [0.5, 0.6) is 11.6 Å². The molecular weight excluding hydrogens is 397 g/mol. The summed E-state index contributed by atoms with van der Waals surface area (Å²) in [6.07, 6.45) is -2.97. The lowest BCUT2D eigenvalue weighted by Crippen LogP contribution is -2.13. The molecule has 0 saturated heterocycles. The van der Waals surface area contributed by atoms with Crippen LogP contribution in [0, 0.1) is 6.92 Å². The molecule has 2 aromatic heterocycles. The molecule has 4 aromatic rings. The van der Waals surface area contributed by atoms with E-state index in [0.29, 0.717) is 17.3 Å². The number of hydrogen-bond donors (Lipinski definition) is 1. The summed E-state index contributed by atoms with van der Waals surface area (Å²) in [5.74, 6) is 0.604. The molecule has 2 aromatic carbocycles. The smallest absolute Gasteiger partial charge is 0.416 e. The Kier molecular flexibility index (Phi) is 4.86. The quantitative estimate of drug-likeness (QED) is 0.506. The van der Waals surface area contributed by atoms with Crippen LogP contribution in [0.1, 0.15) is 21.5 Å². The molecular formula is C21H15F3N4O2. The first kappa shape index (κ1) is 19.4. The van der Waals surface area contributed by atoms with Gasteiger partial charge in [0.15, 0.2) is 11.5 Å². The maximum Gasteiger partial charge on any atom is 0.416 e. The summed E-state index contributed by atoms with van der Waals surface area (Å²) in [4.78, 5) is 16.5. The number of aryl methyl sites for hydroxylation is 1. The lowest BCUT2D eigenvalue weighted by Gasteiger charge is -2.07. The molecule has 0 aliphatic heterocycles. The second-order valence-corrected chi connectivity index (χ2v) is 6.55. The first-order valence-electron chi connectivity index (χ1n) is 8.87. The highest BCUT2D eigenvalue weighted by atomic mass is 19.4. The number of imidazole rings is 1. The van der Waals surface area contributed by atoms with Gasteiger partial charge >= 0.3 is 6.18 Å². The van der Waals surface area contributed by atoms with Crippen LogP contribution in [0.15, 0.2) is 66.9 Å². The van der Waals surface area contributed by atoms with Crippen molar-refractivity contribution in [2.45, 2.75) is 13.1 Å². The van der Waals surface area contributed by atoms with Crippen LogP contribution in [0.2, 0.25) is 0 Å². The molecule has 0 unspecified atom stereocenters. The van der Waals surface area contributed by atoms with Crippen molar-refractivity contribution in [1.29, 1.82) is 0 Å². The van der Waals surface area contributed by atoms with Crippen LogP contribution in [0.3, 0.4) is 0 Å². The van der Waals surface area contributed by atoms with E-state index >= 15 is 0 Å². The number of rotatable bonds is 4. The highest BCUT2D eigenvalue weighted by Gasteiger charge is 2.30. The van der Waals surface area contributed by atoms with Gasteiger partial charge in [-0.3, -0.25) is 4.79 Å². The van der Waals surface area contributed by atoms with E-state index < -0.39 is 17.6 Å². The number of carbonyl (C=O) groups excluding carboxylic acids is 1. The molecule has 0 radical (unpaired) electrons. The third kappa shape index (κ3) is 4.24. The summed E-state index contributed by atoms with van der Waals surface area (Å²) in [6, 6.07) is 14.8. The fourth-order valence-corrected chi connectivity index (χ4v) is 2.78. The lowest BCUT2D eigenvalue weighted by molar-refractivity contribution is -0.137. The van der Waals surface area contributed by atoms with Gasteiger partial charge in [0, 0.05) is 11.6 Å². The van der Waals surface area contributed by atoms with E-state index in [2.05, 4.69) is 15.4 Å². The Bertz CT molecular complexity index is 1220. The molecule has 1 amide bonds. The van der Waals surface area contributed by atoms with Gasteiger partial charge in [0.2, 0.25) is 5.88 Å². The van der Waals surface area contributed by atoms with Gasteiger partial charge in [-0.25, -0.2) is 9.50 Å². The topological polar surface area (TPSA) is 68.5 Å². The van der Waals surface area contributed by atoms with Crippen LogP contribution in [-0.4, -0.2) is 20.5 Å². The molecule has 0 spiro atoms. The lowest BCUT2D eigenvalue weighted by atomic mass is 10.1. The van der Waals surface area contributed by atoms with E-state index in [-0.39, 0.29) is 11.4 Å². The normalized spacial score (nSPS) is 11.5. The Morgan fingerprint density at radius 3 is 2.53 bits per heavy atom. The summed E-state index contributed by atoms with van der Waals surface area (Å²) < 4.78 is 45.1. The summed E-state index contributed by atoms with van der Waals surface area (Å²) >= 11 is 0. The van der Waals surface area contributed by atoms with Crippen molar-refractivity contribution in [3.8, 4) is 11.6 Å². The summed E-state index contributed by atoms with van der Waals surface area (Å²) in [7, 11) is 0. The third-order valence-electron chi connectivity index (χ3n) is 4.22. The molecule has 0 atom stereocenters. The predicted molar refractivity (Wildman–Crippen MR) is 104 cm³/mol. The minimum Gasteiger partial charge on any atom is -0.438 e. The third-order valence-corrected chi connectivity index (χ3v) is 4.22. The number of ether oxygens (including phenoxy) is 1. The van der Waals surface area contributed by atoms with E-state index in [9.17, 15) is 18.0 Å². The average Bonchev–Trinajstić information content (AvgIpc) is 3.09. The number of benzene rings is 2. The summed E-state index contributed by atoms with van der Waals surface area (Å²) in [5.41, 5.74) is 0.771. The zero-order chi connectivity index (χ0) is 21.3. The minimum absolute atomic E-state index is 0.0801. The molecule has 152 valence electrons. The monoisotopic (exact) mass is 412 g/mol. The fraction of sp³-hybridized carbons (Fsp3) is 0.0952. The maximum atomic E-state index is 12.6. The SMILES string of the molecule is Cc1cccc(Oc2ccc3nc(NC(=O)c4ccc(C(F)(F)F)cc4)cn3n2)c1. The number of hydrogen-bond acceptors (Lipinski definition) is 4. The van der Waals surface area contributed by atoms with Crippen LogP contribution >= 0.6 is 0 Å². The number of halogens is 3. The van der Waals surface area contributed by atoms with Crippen LogP contribution in [0.4, 0.5) is 19.0 Å². The van der Waals surface area contributed by atoms with E-state index in [4.69, 9.17) is 4.74 Å². The zero-order valence-corrected chi connectivity index (χ0v) is 15.6. The summed E-state index contributed by atoms with van der Waals surface area (Å²) in [5, 5.41) is 6.84. The highest BCUT2D eigenvalue weighted by molar-refractivity contribution is 6.03. The number of nitrogens with zero attached hydrogens (tertiary/aromatic N) is 3. The summed E-state index contributed by atoms with van der Waals surface area (Å²) in [6.45, 7) is 1.95. The number of fused-ring (bicyclic) bond motifs is 1. The van der Waals surface area contributed by atoms with Crippen LogP contribution in [-0.2, 0) is 6.18 Å². The van der Waals surface area contributed by atoms with Crippen molar-refractivity contribution in [3.05, 3.63) is 83.6 Å². The first-order valence-corrected chi connectivity index (χ1v) is 8.87. The maximum absolute atomic E-state index is 12.6. The van der Waals surface area contributed by atoms with Crippen molar-refractivity contribution in [1.82, 2.24) is 14.6 Å². The Balaban J connectivity index is 1.50. The van der Waals surface area contributed by atoms with Gasteiger partial charge in [-0.2, -0.15) is 13.2 Å². The standard InChI is InChI=1S/C21H15F3N4O2/c1-13-3-2-4-16(11-13)30-19-10-9-18-25-17(12-28(18)27-19)26-20(29)14-5-7-15(8-6-14)21(22,23)24/h2-12H,1H3,(H,26,29). The first-order chi connectivity index (χ1) is 14.3. The Labute approximate surface area is 168 Å². The number of nitrogens with one attached hydrogen (secondary N) is 1. The van der Waals surface area contributed by atoms with Crippen molar-refractivity contribution in [2.75, 3.05) is 5.32 Å².